The van der Waals surface area contributed by atoms with Crippen LogP contribution in [0.4, 0.5) is 0 Å². The molecule has 0 saturated carbocycles. The number of phenols is 1. The van der Waals surface area contributed by atoms with Gasteiger partial charge in [0.2, 0.25) is 5.91 Å². The van der Waals surface area contributed by atoms with Crippen molar-refractivity contribution in [2.75, 3.05) is 20.0 Å². The first-order chi connectivity index (χ1) is 11.5. The maximum absolute atomic E-state index is 12.0. The minimum Gasteiger partial charge on any atom is -0.504 e. The molecule has 7 nitrogen and oxygen atoms in total. The van der Waals surface area contributed by atoms with Gasteiger partial charge in [0, 0.05) is 12.3 Å². The Morgan fingerprint density at radius 3 is 2.88 bits per heavy atom. The lowest BCUT2D eigenvalue weighted by molar-refractivity contribution is -0.137. The van der Waals surface area contributed by atoms with E-state index in [0.717, 1.165) is 11.8 Å². The Morgan fingerprint density at radius 1 is 1.50 bits per heavy atom. The summed E-state index contributed by atoms with van der Waals surface area (Å²) in [6.45, 7) is 0. The molecule has 0 radical (unpaired) electrons. The molecule has 126 valence electrons. The molecule has 0 bridgehead atoms. The number of nitrogens with zero attached hydrogens (tertiary/aromatic N) is 1. The number of nitriles is 1. The van der Waals surface area contributed by atoms with Gasteiger partial charge in [-0.25, -0.2) is 0 Å². The minimum atomic E-state index is -0.474. The van der Waals surface area contributed by atoms with Crippen molar-refractivity contribution in [2.45, 2.75) is 12.3 Å². The number of ether oxygens (including phenoxy) is 2. The summed E-state index contributed by atoms with van der Waals surface area (Å²) in [5.74, 6) is -0.948. The fourth-order valence-corrected chi connectivity index (χ4v) is 3.23. The van der Waals surface area contributed by atoms with Crippen molar-refractivity contribution in [3.63, 3.8) is 0 Å². The molecule has 24 heavy (non-hydrogen) atoms. The van der Waals surface area contributed by atoms with Gasteiger partial charge in [-0.05, 0) is 17.7 Å². The van der Waals surface area contributed by atoms with Crippen molar-refractivity contribution in [3.05, 3.63) is 34.4 Å². The number of hydrogen-bond donors (Lipinski definition) is 2. The van der Waals surface area contributed by atoms with E-state index in [4.69, 9.17) is 4.74 Å². The lowest BCUT2D eigenvalue weighted by Crippen LogP contribution is -2.31. The van der Waals surface area contributed by atoms with Gasteiger partial charge < -0.3 is 19.9 Å². The summed E-state index contributed by atoms with van der Waals surface area (Å²) in [5, 5.41) is 22.2. The summed E-state index contributed by atoms with van der Waals surface area (Å²) in [6.07, 6.45) is 0.0963. The van der Waals surface area contributed by atoms with Crippen LogP contribution in [-0.4, -0.2) is 37.0 Å². The van der Waals surface area contributed by atoms with Crippen molar-refractivity contribution < 1.29 is 24.2 Å². The second-order valence-electron chi connectivity index (χ2n) is 4.96. The standard InChI is InChI=1S/C16H16N2O5S/c1-22-13-5-9(3-4-12(13)19)10-6-14(20)18-16(11(10)7-17)24-8-15(21)23-2/h3-5,10,19H,6,8H2,1-2H3,(H,18,20). The van der Waals surface area contributed by atoms with Crippen molar-refractivity contribution in [3.8, 4) is 17.6 Å². The van der Waals surface area contributed by atoms with Crippen molar-refractivity contribution >= 4 is 23.6 Å². The SMILES string of the molecule is COC(=O)CSC1=C(C#N)C(c2ccc(O)c(OC)c2)CC(=O)N1. The Morgan fingerprint density at radius 2 is 2.25 bits per heavy atom. The highest BCUT2D eigenvalue weighted by Gasteiger charge is 2.30. The number of methoxy groups -OCH3 is 2. The molecule has 1 aliphatic heterocycles. The highest BCUT2D eigenvalue weighted by atomic mass is 32.2. The molecule has 1 aromatic rings. The van der Waals surface area contributed by atoms with Crippen LogP contribution < -0.4 is 10.1 Å². The summed E-state index contributed by atoms with van der Waals surface area (Å²) in [6, 6.07) is 6.80. The summed E-state index contributed by atoms with van der Waals surface area (Å²) in [7, 11) is 2.69. The lowest BCUT2D eigenvalue weighted by Gasteiger charge is -2.25. The van der Waals surface area contributed by atoms with Gasteiger partial charge in [0.15, 0.2) is 11.5 Å². The first-order valence-corrected chi connectivity index (χ1v) is 7.99. The first kappa shape index (κ1) is 17.7. The van der Waals surface area contributed by atoms with Gasteiger partial charge in [-0.15, -0.1) is 0 Å². The van der Waals surface area contributed by atoms with E-state index in [0.29, 0.717) is 16.2 Å². The topological polar surface area (TPSA) is 109 Å². The molecule has 0 saturated heterocycles. The van der Waals surface area contributed by atoms with Crippen molar-refractivity contribution in [1.82, 2.24) is 5.32 Å². The molecule has 0 fully saturated rings. The Kier molecular flexibility index (Phi) is 5.71. The fourth-order valence-electron chi connectivity index (χ4n) is 2.32. The molecule has 1 aliphatic rings. The zero-order chi connectivity index (χ0) is 17.7. The van der Waals surface area contributed by atoms with Gasteiger partial charge in [0.1, 0.15) is 0 Å². The molecule has 1 amide bonds. The Balaban J connectivity index is 2.38. The smallest absolute Gasteiger partial charge is 0.316 e. The number of carbonyl (C=O) groups excluding carboxylic acids is 2. The summed E-state index contributed by atoms with van der Waals surface area (Å²) in [5.41, 5.74) is 1.03. The van der Waals surface area contributed by atoms with Crippen LogP contribution in [0.15, 0.2) is 28.8 Å². The van der Waals surface area contributed by atoms with Crippen LogP contribution in [0.3, 0.4) is 0 Å². The van der Waals surface area contributed by atoms with Crippen LogP contribution in [0, 0.1) is 11.3 Å². The van der Waals surface area contributed by atoms with E-state index in [1.165, 1.54) is 20.3 Å². The second kappa shape index (κ2) is 7.75. The maximum atomic E-state index is 12.0. The number of nitrogens with one attached hydrogen (secondary N) is 1. The number of carbonyl (C=O) groups is 2. The number of aromatic hydroxyl groups is 1. The van der Waals surface area contributed by atoms with Crippen LogP contribution in [0.25, 0.3) is 0 Å². The largest absolute Gasteiger partial charge is 0.504 e. The van der Waals surface area contributed by atoms with Gasteiger partial charge in [0.25, 0.3) is 0 Å². The van der Waals surface area contributed by atoms with E-state index >= 15 is 0 Å². The summed E-state index contributed by atoms with van der Waals surface area (Å²) < 4.78 is 9.65. The molecular formula is C16H16N2O5S. The number of amides is 1. The maximum Gasteiger partial charge on any atom is 0.316 e. The Hall–Kier alpha value is -2.66. The van der Waals surface area contributed by atoms with E-state index < -0.39 is 11.9 Å². The predicted octanol–water partition coefficient (Wildman–Crippen LogP) is 1.65. The molecule has 1 unspecified atom stereocenters. The quantitative estimate of drug-likeness (QED) is 0.779. The molecule has 0 aromatic heterocycles. The number of phenolic OH excluding ortho intramolecular Hbond substituents is 1. The van der Waals surface area contributed by atoms with Crippen LogP contribution in [-0.2, 0) is 14.3 Å². The van der Waals surface area contributed by atoms with E-state index in [1.54, 1.807) is 12.1 Å². The van der Waals surface area contributed by atoms with E-state index in [1.807, 2.05) is 0 Å². The van der Waals surface area contributed by atoms with Gasteiger partial charge in [-0.2, -0.15) is 5.26 Å². The van der Waals surface area contributed by atoms with Gasteiger partial charge in [-0.3, -0.25) is 9.59 Å². The summed E-state index contributed by atoms with van der Waals surface area (Å²) >= 11 is 1.05. The van der Waals surface area contributed by atoms with E-state index in [-0.39, 0.29) is 29.6 Å². The molecule has 2 N–H and O–H groups in total. The molecule has 8 heteroatoms. The minimum absolute atomic E-state index is 0.0110. The van der Waals surface area contributed by atoms with Gasteiger partial charge in [-0.1, -0.05) is 17.8 Å². The highest BCUT2D eigenvalue weighted by molar-refractivity contribution is 8.03. The fraction of sp³-hybridized carbons (Fsp3) is 0.312. The van der Waals surface area contributed by atoms with Crippen molar-refractivity contribution in [1.29, 1.82) is 5.26 Å². The molecule has 1 aromatic carbocycles. The predicted molar refractivity (Wildman–Crippen MR) is 87.3 cm³/mol. The number of allylic oxidation sites excluding steroid dienone is 1. The third-order valence-corrected chi connectivity index (χ3v) is 4.51. The number of benzene rings is 1. The van der Waals surface area contributed by atoms with Crippen LogP contribution in [0.5, 0.6) is 11.5 Å². The summed E-state index contributed by atoms with van der Waals surface area (Å²) in [4.78, 5) is 23.3. The van der Waals surface area contributed by atoms with Crippen LogP contribution >= 0.6 is 11.8 Å². The molecular weight excluding hydrogens is 332 g/mol. The van der Waals surface area contributed by atoms with Gasteiger partial charge >= 0.3 is 5.97 Å². The highest BCUT2D eigenvalue weighted by Crippen LogP contribution is 2.38. The van der Waals surface area contributed by atoms with Gasteiger partial charge in [0.05, 0.1) is 36.6 Å². The average molecular weight is 348 g/mol. The monoisotopic (exact) mass is 348 g/mol. The third kappa shape index (κ3) is 3.81. The zero-order valence-electron chi connectivity index (χ0n) is 13.2. The molecule has 0 aliphatic carbocycles. The number of thioether (sulfide) groups is 1. The number of esters is 1. The second-order valence-corrected chi connectivity index (χ2v) is 5.94. The van der Waals surface area contributed by atoms with Crippen molar-refractivity contribution in [2.24, 2.45) is 0 Å². The van der Waals surface area contributed by atoms with E-state index in [9.17, 15) is 20.0 Å². The lowest BCUT2D eigenvalue weighted by atomic mass is 9.87. The Labute approximate surface area is 143 Å². The molecule has 1 heterocycles. The normalized spacial score (nSPS) is 17.0. The van der Waals surface area contributed by atoms with E-state index in [2.05, 4.69) is 16.1 Å². The third-order valence-electron chi connectivity index (χ3n) is 3.52. The average Bonchev–Trinajstić information content (AvgIpc) is 2.59. The van der Waals surface area contributed by atoms with Crippen LogP contribution in [0.1, 0.15) is 17.9 Å². The molecule has 1 atom stereocenters. The van der Waals surface area contributed by atoms with Crippen LogP contribution in [0.2, 0.25) is 0 Å². The molecule has 0 spiro atoms. The number of rotatable bonds is 5. The molecule has 2 rings (SSSR count). The Bertz CT molecular complexity index is 738. The zero-order valence-corrected chi connectivity index (χ0v) is 14.0. The number of hydrogen-bond acceptors (Lipinski definition) is 7. The first-order valence-electron chi connectivity index (χ1n) is 7.00.